The van der Waals surface area contributed by atoms with Crippen LogP contribution in [0.4, 0.5) is 5.69 Å². The number of nitrogens with zero attached hydrogens (tertiary/aromatic N) is 1. The number of hydrogen-bond acceptors (Lipinski definition) is 4. The van der Waals surface area contributed by atoms with E-state index in [0.717, 1.165) is 11.1 Å². The largest absolute Gasteiger partial charge is 0.320 e. The first-order valence-electron chi connectivity index (χ1n) is 4.70. The van der Waals surface area contributed by atoms with Crippen LogP contribution in [0.1, 0.15) is 17.2 Å². The summed E-state index contributed by atoms with van der Waals surface area (Å²) in [6.45, 7) is 0. The summed E-state index contributed by atoms with van der Waals surface area (Å²) in [5.41, 5.74) is 7.82. The molecule has 1 aromatic carbocycles. The minimum atomic E-state index is -0.413. The quantitative estimate of drug-likeness (QED) is 0.688. The molecule has 0 bridgehead atoms. The van der Waals surface area contributed by atoms with Crippen molar-refractivity contribution in [2.45, 2.75) is 6.04 Å². The lowest BCUT2D eigenvalue weighted by Gasteiger charge is -2.09. The molecule has 0 amide bonds. The van der Waals surface area contributed by atoms with Gasteiger partial charge in [-0.05, 0) is 28.0 Å². The Hall–Kier alpha value is -1.43. The normalized spacial score (nSPS) is 11.6. The van der Waals surface area contributed by atoms with Crippen molar-refractivity contribution in [3.05, 3.63) is 62.3 Å². The number of rotatable bonds is 3. The fourth-order valence-electron chi connectivity index (χ4n) is 1.48. The van der Waals surface area contributed by atoms with Gasteiger partial charge < -0.3 is 5.73 Å². The summed E-state index contributed by atoms with van der Waals surface area (Å²) in [6, 6.07) is 8.06. The number of nitro groups is 1. The molecule has 0 aliphatic heterocycles. The number of nitrogens with two attached hydrogens (primary N) is 1. The standard InChI is InChI=1S/C11H10N2O2S.ClH/c12-11(9-4-5-16-7-9)8-2-1-3-10(6-8)13(14)15;/h1-7,11H,12H2;1H/t11-;/m1./s1. The molecule has 0 unspecified atom stereocenters. The van der Waals surface area contributed by atoms with Gasteiger partial charge in [-0.3, -0.25) is 10.1 Å². The molecule has 0 spiro atoms. The van der Waals surface area contributed by atoms with Crippen molar-refractivity contribution in [1.29, 1.82) is 0 Å². The molecule has 2 rings (SSSR count). The van der Waals surface area contributed by atoms with Gasteiger partial charge in [-0.1, -0.05) is 12.1 Å². The molecule has 2 N–H and O–H groups in total. The molecular weight excluding hydrogens is 260 g/mol. The van der Waals surface area contributed by atoms with Gasteiger partial charge in [0.2, 0.25) is 0 Å². The second-order valence-electron chi connectivity index (χ2n) is 3.39. The Morgan fingerprint density at radius 3 is 2.65 bits per heavy atom. The topological polar surface area (TPSA) is 69.2 Å². The van der Waals surface area contributed by atoms with E-state index >= 15 is 0 Å². The van der Waals surface area contributed by atoms with Crippen molar-refractivity contribution < 1.29 is 4.92 Å². The summed E-state index contributed by atoms with van der Waals surface area (Å²) in [5.74, 6) is 0. The molecule has 1 atom stereocenters. The Bertz CT molecular complexity index is 502. The number of thiophene rings is 1. The maximum absolute atomic E-state index is 10.6. The van der Waals surface area contributed by atoms with Gasteiger partial charge in [-0.25, -0.2) is 0 Å². The van der Waals surface area contributed by atoms with E-state index in [-0.39, 0.29) is 24.1 Å². The third-order valence-corrected chi connectivity index (χ3v) is 3.04. The second kappa shape index (κ2) is 5.77. The smallest absolute Gasteiger partial charge is 0.269 e. The van der Waals surface area contributed by atoms with Crippen LogP contribution in [0, 0.1) is 10.1 Å². The number of benzene rings is 1. The van der Waals surface area contributed by atoms with Gasteiger partial charge in [-0.15, -0.1) is 12.4 Å². The highest BCUT2D eigenvalue weighted by atomic mass is 35.5. The summed E-state index contributed by atoms with van der Waals surface area (Å²) in [6.07, 6.45) is 0. The first kappa shape index (κ1) is 13.6. The van der Waals surface area contributed by atoms with Gasteiger partial charge in [0, 0.05) is 12.1 Å². The third kappa shape index (κ3) is 3.03. The zero-order valence-corrected chi connectivity index (χ0v) is 10.4. The first-order chi connectivity index (χ1) is 7.68. The molecule has 1 aromatic heterocycles. The van der Waals surface area contributed by atoms with E-state index in [1.807, 2.05) is 16.8 Å². The maximum atomic E-state index is 10.6. The van der Waals surface area contributed by atoms with Crippen molar-refractivity contribution in [2.24, 2.45) is 5.73 Å². The first-order valence-corrected chi connectivity index (χ1v) is 5.65. The third-order valence-electron chi connectivity index (χ3n) is 2.34. The lowest BCUT2D eigenvalue weighted by atomic mass is 10.0. The van der Waals surface area contributed by atoms with E-state index < -0.39 is 4.92 Å². The Morgan fingerprint density at radius 1 is 1.29 bits per heavy atom. The lowest BCUT2D eigenvalue weighted by molar-refractivity contribution is -0.384. The molecule has 4 nitrogen and oxygen atoms in total. The lowest BCUT2D eigenvalue weighted by Crippen LogP contribution is -2.10. The van der Waals surface area contributed by atoms with Gasteiger partial charge in [0.15, 0.2) is 0 Å². The van der Waals surface area contributed by atoms with E-state index in [4.69, 9.17) is 5.73 Å². The summed E-state index contributed by atoms with van der Waals surface area (Å²) in [5, 5.41) is 14.5. The van der Waals surface area contributed by atoms with Crippen molar-refractivity contribution in [1.82, 2.24) is 0 Å². The van der Waals surface area contributed by atoms with Gasteiger partial charge in [0.25, 0.3) is 5.69 Å². The molecule has 0 saturated carbocycles. The molecule has 0 aliphatic rings. The predicted molar refractivity (Wildman–Crippen MR) is 70.7 cm³/mol. The average molecular weight is 271 g/mol. The molecule has 90 valence electrons. The molecule has 17 heavy (non-hydrogen) atoms. The second-order valence-corrected chi connectivity index (χ2v) is 4.17. The van der Waals surface area contributed by atoms with Gasteiger partial charge in [0.1, 0.15) is 0 Å². The van der Waals surface area contributed by atoms with Crippen molar-refractivity contribution in [3.63, 3.8) is 0 Å². The van der Waals surface area contributed by atoms with Crippen LogP contribution >= 0.6 is 23.7 Å². The van der Waals surface area contributed by atoms with E-state index in [1.54, 1.807) is 23.5 Å². The van der Waals surface area contributed by atoms with E-state index in [9.17, 15) is 10.1 Å². The highest BCUT2D eigenvalue weighted by molar-refractivity contribution is 7.08. The SMILES string of the molecule is Cl.N[C@@H](c1ccsc1)c1cccc([N+](=O)[O-])c1. The summed E-state index contributed by atoms with van der Waals surface area (Å²) in [4.78, 5) is 10.2. The van der Waals surface area contributed by atoms with E-state index in [0.29, 0.717) is 0 Å². The van der Waals surface area contributed by atoms with Crippen LogP contribution in [-0.2, 0) is 0 Å². The van der Waals surface area contributed by atoms with Crippen molar-refractivity contribution >= 4 is 29.4 Å². The number of non-ortho nitro benzene ring substituents is 1. The zero-order valence-electron chi connectivity index (χ0n) is 8.78. The summed E-state index contributed by atoms with van der Waals surface area (Å²) >= 11 is 1.56. The fourth-order valence-corrected chi connectivity index (χ4v) is 2.17. The summed E-state index contributed by atoms with van der Waals surface area (Å²) in [7, 11) is 0. The van der Waals surface area contributed by atoms with Crippen molar-refractivity contribution in [3.8, 4) is 0 Å². The van der Waals surface area contributed by atoms with Crippen LogP contribution < -0.4 is 5.73 Å². The minimum Gasteiger partial charge on any atom is -0.320 e. The van der Waals surface area contributed by atoms with Crippen LogP contribution in [0.25, 0.3) is 0 Å². The van der Waals surface area contributed by atoms with Gasteiger partial charge in [0.05, 0.1) is 11.0 Å². The zero-order chi connectivity index (χ0) is 11.5. The fraction of sp³-hybridized carbons (Fsp3) is 0.0909. The molecule has 0 saturated heterocycles. The van der Waals surface area contributed by atoms with Crippen LogP contribution in [0.3, 0.4) is 0 Å². The van der Waals surface area contributed by atoms with Crippen LogP contribution in [0.5, 0.6) is 0 Å². The maximum Gasteiger partial charge on any atom is 0.269 e. The predicted octanol–water partition coefficient (Wildman–Crippen LogP) is 3.13. The van der Waals surface area contributed by atoms with Crippen LogP contribution in [-0.4, -0.2) is 4.92 Å². The van der Waals surface area contributed by atoms with Crippen LogP contribution in [0.15, 0.2) is 41.1 Å². The Morgan fingerprint density at radius 2 is 2.06 bits per heavy atom. The minimum absolute atomic E-state index is 0. The summed E-state index contributed by atoms with van der Waals surface area (Å²) < 4.78 is 0. The van der Waals surface area contributed by atoms with Crippen molar-refractivity contribution in [2.75, 3.05) is 0 Å². The Balaban J connectivity index is 0.00000144. The Kier molecular flexibility index (Phi) is 4.62. The van der Waals surface area contributed by atoms with Gasteiger partial charge in [-0.2, -0.15) is 11.3 Å². The molecule has 0 radical (unpaired) electrons. The van der Waals surface area contributed by atoms with E-state index in [2.05, 4.69) is 0 Å². The number of nitro benzene ring substituents is 1. The van der Waals surface area contributed by atoms with Gasteiger partial charge >= 0.3 is 0 Å². The van der Waals surface area contributed by atoms with Crippen LogP contribution in [0.2, 0.25) is 0 Å². The molecule has 6 heteroatoms. The monoisotopic (exact) mass is 270 g/mol. The number of hydrogen-bond donors (Lipinski definition) is 1. The molecular formula is C11H11ClN2O2S. The Labute approximate surface area is 109 Å². The molecule has 0 fully saturated rings. The highest BCUT2D eigenvalue weighted by Crippen LogP contribution is 2.24. The molecule has 2 aromatic rings. The average Bonchev–Trinajstić information content (AvgIpc) is 2.81. The number of halogens is 1. The van der Waals surface area contributed by atoms with E-state index in [1.165, 1.54) is 12.1 Å². The molecule has 1 heterocycles. The molecule has 0 aliphatic carbocycles. The highest BCUT2D eigenvalue weighted by Gasteiger charge is 2.12.